The van der Waals surface area contributed by atoms with Crippen molar-refractivity contribution in [3.63, 3.8) is 0 Å². The van der Waals surface area contributed by atoms with Crippen molar-refractivity contribution in [2.45, 2.75) is 13.0 Å². The first kappa shape index (κ1) is 9.22. The average Bonchev–Trinajstić information content (AvgIpc) is 2.46. The van der Waals surface area contributed by atoms with Gasteiger partial charge < -0.3 is 11.1 Å². The van der Waals surface area contributed by atoms with E-state index in [0.717, 1.165) is 26.1 Å². The molecule has 0 amide bonds. The van der Waals surface area contributed by atoms with Gasteiger partial charge in [-0.2, -0.15) is 5.10 Å². The lowest BCUT2D eigenvalue weighted by Crippen LogP contribution is -2.19. The number of nitrogens with zero attached hydrogens (tertiary/aromatic N) is 2. The van der Waals surface area contributed by atoms with Crippen molar-refractivity contribution >= 4 is 0 Å². The maximum atomic E-state index is 5.36. The minimum absolute atomic E-state index is 0.748. The summed E-state index contributed by atoms with van der Waals surface area (Å²) in [6.07, 6.45) is 2.83. The molecule has 4 heteroatoms. The van der Waals surface area contributed by atoms with Crippen LogP contribution >= 0.6 is 0 Å². The molecular formula is C8H16N4. The molecule has 0 saturated heterocycles. The van der Waals surface area contributed by atoms with Gasteiger partial charge in [-0.1, -0.05) is 0 Å². The van der Waals surface area contributed by atoms with E-state index in [1.807, 2.05) is 17.8 Å². The standard InChI is InChI=1S/C8H16N4/c1-12-8(3-6-11-12)7-10-5-2-4-9/h3,6,10H,2,4-5,7,9H2,1H3. The molecule has 0 spiro atoms. The molecule has 12 heavy (non-hydrogen) atoms. The second-order valence-corrected chi connectivity index (χ2v) is 2.77. The molecule has 0 aliphatic heterocycles. The summed E-state index contributed by atoms with van der Waals surface area (Å²) in [5, 5.41) is 7.36. The lowest BCUT2D eigenvalue weighted by atomic mass is 10.4. The van der Waals surface area contributed by atoms with Crippen molar-refractivity contribution < 1.29 is 0 Å². The Kier molecular flexibility index (Phi) is 3.76. The minimum Gasteiger partial charge on any atom is -0.330 e. The summed E-state index contributed by atoms with van der Waals surface area (Å²) in [6.45, 7) is 2.59. The van der Waals surface area contributed by atoms with E-state index in [0.29, 0.717) is 0 Å². The third-order valence-corrected chi connectivity index (χ3v) is 1.79. The summed E-state index contributed by atoms with van der Waals surface area (Å²) >= 11 is 0. The topological polar surface area (TPSA) is 55.9 Å². The summed E-state index contributed by atoms with van der Waals surface area (Å²) in [4.78, 5) is 0. The minimum atomic E-state index is 0.748. The average molecular weight is 168 g/mol. The van der Waals surface area contributed by atoms with Gasteiger partial charge in [0.25, 0.3) is 0 Å². The van der Waals surface area contributed by atoms with Gasteiger partial charge in [0.1, 0.15) is 0 Å². The fourth-order valence-corrected chi connectivity index (χ4v) is 1.02. The maximum Gasteiger partial charge on any atom is 0.0518 e. The molecule has 0 bridgehead atoms. The molecule has 0 fully saturated rings. The Morgan fingerprint density at radius 2 is 2.50 bits per heavy atom. The second-order valence-electron chi connectivity index (χ2n) is 2.77. The lowest BCUT2D eigenvalue weighted by molar-refractivity contribution is 0.610. The lowest BCUT2D eigenvalue weighted by Gasteiger charge is -2.03. The Labute approximate surface area is 72.8 Å². The molecule has 4 nitrogen and oxygen atoms in total. The fourth-order valence-electron chi connectivity index (χ4n) is 1.02. The Hall–Kier alpha value is -0.870. The van der Waals surface area contributed by atoms with Gasteiger partial charge in [-0.25, -0.2) is 0 Å². The van der Waals surface area contributed by atoms with E-state index in [1.54, 1.807) is 6.20 Å². The number of aromatic nitrogens is 2. The van der Waals surface area contributed by atoms with Gasteiger partial charge >= 0.3 is 0 Å². The predicted molar refractivity (Wildman–Crippen MR) is 48.6 cm³/mol. The Morgan fingerprint density at radius 3 is 3.08 bits per heavy atom. The zero-order valence-corrected chi connectivity index (χ0v) is 7.45. The molecule has 0 saturated carbocycles. The number of hydrogen-bond acceptors (Lipinski definition) is 3. The number of hydrogen-bond donors (Lipinski definition) is 2. The summed E-state index contributed by atoms with van der Waals surface area (Å²) in [6, 6.07) is 2.01. The van der Waals surface area contributed by atoms with Crippen molar-refractivity contribution in [3.8, 4) is 0 Å². The van der Waals surface area contributed by atoms with Gasteiger partial charge in [0.15, 0.2) is 0 Å². The molecule has 0 aliphatic carbocycles. The first-order chi connectivity index (χ1) is 5.84. The molecule has 3 N–H and O–H groups in total. The van der Waals surface area contributed by atoms with Gasteiger partial charge in [-0.05, 0) is 25.6 Å². The molecular weight excluding hydrogens is 152 g/mol. The maximum absolute atomic E-state index is 5.36. The molecule has 1 aromatic heterocycles. The zero-order chi connectivity index (χ0) is 8.81. The molecule has 1 rings (SSSR count). The van der Waals surface area contributed by atoms with Crippen LogP contribution in [-0.2, 0) is 13.6 Å². The van der Waals surface area contributed by atoms with Crippen LogP contribution in [0.2, 0.25) is 0 Å². The van der Waals surface area contributed by atoms with Crippen molar-refractivity contribution in [1.29, 1.82) is 0 Å². The van der Waals surface area contributed by atoms with Crippen LogP contribution in [0, 0.1) is 0 Å². The van der Waals surface area contributed by atoms with Crippen LogP contribution in [0.5, 0.6) is 0 Å². The first-order valence-corrected chi connectivity index (χ1v) is 4.22. The van der Waals surface area contributed by atoms with E-state index in [4.69, 9.17) is 5.73 Å². The van der Waals surface area contributed by atoms with Gasteiger partial charge in [-0.3, -0.25) is 4.68 Å². The second kappa shape index (κ2) is 4.90. The Bertz CT molecular complexity index is 219. The summed E-state index contributed by atoms with van der Waals surface area (Å²) in [7, 11) is 1.94. The van der Waals surface area contributed by atoms with E-state index >= 15 is 0 Å². The van der Waals surface area contributed by atoms with E-state index in [9.17, 15) is 0 Å². The number of aryl methyl sites for hydroxylation is 1. The van der Waals surface area contributed by atoms with Crippen molar-refractivity contribution in [1.82, 2.24) is 15.1 Å². The third kappa shape index (κ3) is 2.64. The van der Waals surface area contributed by atoms with Crippen LogP contribution in [0.3, 0.4) is 0 Å². The Morgan fingerprint density at radius 1 is 1.67 bits per heavy atom. The number of rotatable bonds is 5. The summed E-state index contributed by atoms with van der Waals surface area (Å²) in [5.41, 5.74) is 6.56. The fraction of sp³-hybridized carbons (Fsp3) is 0.625. The van der Waals surface area contributed by atoms with Crippen LogP contribution in [0.25, 0.3) is 0 Å². The highest BCUT2D eigenvalue weighted by molar-refractivity contribution is 4.98. The monoisotopic (exact) mass is 168 g/mol. The summed E-state index contributed by atoms with van der Waals surface area (Å²) in [5.74, 6) is 0. The smallest absolute Gasteiger partial charge is 0.0518 e. The van der Waals surface area contributed by atoms with Crippen molar-refractivity contribution in [3.05, 3.63) is 18.0 Å². The molecule has 1 aromatic rings. The van der Waals surface area contributed by atoms with Crippen LogP contribution in [0.15, 0.2) is 12.3 Å². The van der Waals surface area contributed by atoms with Gasteiger partial charge in [0, 0.05) is 19.8 Å². The molecule has 0 aliphatic rings. The van der Waals surface area contributed by atoms with Crippen LogP contribution in [0.4, 0.5) is 0 Å². The quantitative estimate of drug-likeness (QED) is 0.602. The van der Waals surface area contributed by atoms with E-state index < -0.39 is 0 Å². The zero-order valence-electron chi connectivity index (χ0n) is 7.45. The summed E-state index contributed by atoms with van der Waals surface area (Å²) < 4.78 is 1.87. The van der Waals surface area contributed by atoms with E-state index in [2.05, 4.69) is 10.4 Å². The highest BCUT2D eigenvalue weighted by Gasteiger charge is 1.95. The van der Waals surface area contributed by atoms with Crippen molar-refractivity contribution in [2.75, 3.05) is 13.1 Å². The van der Waals surface area contributed by atoms with Crippen LogP contribution < -0.4 is 11.1 Å². The number of nitrogens with two attached hydrogens (primary N) is 1. The van der Waals surface area contributed by atoms with E-state index in [-0.39, 0.29) is 0 Å². The normalized spacial score (nSPS) is 10.5. The largest absolute Gasteiger partial charge is 0.330 e. The van der Waals surface area contributed by atoms with Crippen LogP contribution in [0.1, 0.15) is 12.1 Å². The SMILES string of the molecule is Cn1nccc1CNCCCN. The van der Waals surface area contributed by atoms with E-state index in [1.165, 1.54) is 5.69 Å². The number of nitrogens with one attached hydrogen (secondary N) is 1. The first-order valence-electron chi connectivity index (χ1n) is 4.22. The Balaban J connectivity index is 2.20. The highest BCUT2D eigenvalue weighted by Crippen LogP contribution is 1.94. The van der Waals surface area contributed by atoms with Gasteiger partial charge in [0.2, 0.25) is 0 Å². The highest BCUT2D eigenvalue weighted by atomic mass is 15.3. The van der Waals surface area contributed by atoms with Crippen molar-refractivity contribution in [2.24, 2.45) is 12.8 Å². The molecule has 0 aromatic carbocycles. The molecule has 0 unspecified atom stereocenters. The molecule has 1 heterocycles. The predicted octanol–water partition coefficient (Wildman–Crippen LogP) is -0.141. The van der Waals surface area contributed by atoms with Gasteiger partial charge in [-0.15, -0.1) is 0 Å². The van der Waals surface area contributed by atoms with Crippen LogP contribution in [-0.4, -0.2) is 22.9 Å². The molecule has 68 valence electrons. The molecule has 0 radical (unpaired) electrons. The molecule has 0 atom stereocenters. The third-order valence-electron chi connectivity index (χ3n) is 1.79. The van der Waals surface area contributed by atoms with Gasteiger partial charge in [0.05, 0.1) is 5.69 Å².